The number of rotatable bonds is 4. The van der Waals surface area contributed by atoms with E-state index in [9.17, 15) is 31.9 Å². The number of nitrogens with zero attached hydrogens (tertiary/aromatic N) is 1. The first-order chi connectivity index (χ1) is 12.2. The number of carbonyl (C=O) groups excluding carboxylic acids is 1. The van der Waals surface area contributed by atoms with Gasteiger partial charge in [-0.2, -0.15) is 0 Å². The highest BCUT2D eigenvalue weighted by atomic mass is 19.2. The highest BCUT2D eigenvalue weighted by Crippen LogP contribution is 2.24. The van der Waals surface area contributed by atoms with Gasteiger partial charge in [-0.1, -0.05) is 0 Å². The molecular weight excluding hydrogens is 361 g/mol. The Morgan fingerprint density at radius 1 is 1.00 bits per heavy atom. The summed E-state index contributed by atoms with van der Waals surface area (Å²) in [5, 5.41) is 10.1. The fourth-order valence-corrected chi connectivity index (χ4v) is 1.89. The lowest BCUT2D eigenvalue weighted by atomic mass is 10.1. The van der Waals surface area contributed by atoms with Crippen LogP contribution in [0.15, 0.2) is 40.9 Å². The maximum atomic E-state index is 13.8. The van der Waals surface area contributed by atoms with E-state index in [0.717, 1.165) is 19.2 Å². The lowest BCUT2D eigenvalue weighted by Crippen LogP contribution is -2.10. The van der Waals surface area contributed by atoms with Crippen molar-refractivity contribution in [1.29, 1.82) is 0 Å². The van der Waals surface area contributed by atoms with Crippen molar-refractivity contribution >= 4 is 23.6 Å². The smallest absolute Gasteiger partial charge is 0.343 e. The van der Waals surface area contributed by atoms with Gasteiger partial charge in [0.05, 0.1) is 18.4 Å². The van der Waals surface area contributed by atoms with Crippen LogP contribution in [0.2, 0.25) is 0 Å². The minimum absolute atomic E-state index is 0.173. The van der Waals surface area contributed by atoms with Crippen molar-refractivity contribution < 1.29 is 36.6 Å². The van der Waals surface area contributed by atoms with Gasteiger partial charge in [0.15, 0.2) is 17.5 Å². The van der Waals surface area contributed by atoms with Crippen LogP contribution in [0.4, 0.5) is 27.6 Å². The average Bonchev–Trinajstić information content (AvgIpc) is 2.59. The van der Waals surface area contributed by atoms with Crippen LogP contribution in [0.3, 0.4) is 0 Å². The zero-order chi connectivity index (χ0) is 19.4. The number of aliphatic hydroxyl groups excluding tert-OH is 1. The largest absolute Gasteiger partial charge is 0.506 e. The predicted molar refractivity (Wildman–Crippen MR) is 82.4 cm³/mol. The second-order valence-corrected chi connectivity index (χ2v) is 4.85. The van der Waals surface area contributed by atoms with Crippen LogP contribution in [0.1, 0.15) is 5.56 Å². The van der Waals surface area contributed by atoms with Crippen LogP contribution in [0, 0.1) is 29.1 Å². The van der Waals surface area contributed by atoms with Crippen LogP contribution in [0.25, 0.3) is 5.76 Å². The topological polar surface area (TPSA) is 58.9 Å². The maximum absolute atomic E-state index is 13.8. The molecule has 0 saturated heterocycles. The first-order valence-corrected chi connectivity index (χ1v) is 6.90. The third-order valence-corrected chi connectivity index (χ3v) is 3.17. The van der Waals surface area contributed by atoms with Gasteiger partial charge in [-0.25, -0.2) is 26.7 Å². The number of benzene rings is 2. The van der Waals surface area contributed by atoms with Gasteiger partial charge in [0.1, 0.15) is 23.0 Å². The quantitative estimate of drug-likeness (QED) is 0.219. The molecule has 2 aromatic rings. The lowest BCUT2D eigenvalue weighted by Gasteiger charge is -2.07. The van der Waals surface area contributed by atoms with Crippen LogP contribution in [-0.4, -0.2) is 24.4 Å². The molecule has 26 heavy (non-hydrogen) atoms. The zero-order valence-corrected chi connectivity index (χ0v) is 13.1. The van der Waals surface area contributed by atoms with E-state index in [0.29, 0.717) is 18.3 Å². The fourth-order valence-electron chi connectivity index (χ4n) is 1.89. The molecule has 0 aliphatic carbocycles. The molecule has 0 spiro atoms. The fraction of sp³-hybridized carbons (Fsp3) is 0.0588. The monoisotopic (exact) mass is 371 g/mol. The highest BCUT2D eigenvalue weighted by Gasteiger charge is 2.20. The standard InChI is InChI=1S/C17H10F5NO3/c1-26-17(25)10(7-23-15-3-2-8(18)4-14(15)22)16(24)9-5-12(20)13(21)6-11(9)19/h2-7,24H,1H3/b16-10+,23-7?. The van der Waals surface area contributed by atoms with E-state index in [1.54, 1.807) is 0 Å². The van der Waals surface area contributed by atoms with Crippen LogP contribution in [0.5, 0.6) is 0 Å². The van der Waals surface area contributed by atoms with Crippen molar-refractivity contribution in [2.45, 2.75) is 0 Å². The number of ether oxygens (including phenoxy) is 1. The molecule has 0 radical (unpaired) electrons. The molecular formula is C17H10F5NO3. The van der Waals surface area contributed by atoms with Gasteiger partial charge in [-0.3, -0.25) is 4.99 Å². The van der Waals surface area contributed by atoms with Gasteiger partial charge in [0.2, 0.25) is 0 Å². The molecule has 2 rings (SSSR count). The first kappa shape index (κ1) is 19.1. The molecule has 0 unspecified atom stereocenters. The van der Waals surface area contributed by atoms with Gasteiger partial charge < -0.3 is 9.84 Å². The van der Waals surface area contributed by atoms with E-state index >= 15 is 0 Å². The second-order valence-electron chi connectivity index (χ2n) is 4.85. The highest BCUT2D eigenvalue weighted by molar-refractivity contribution is 6.15. The molecule has 0 bridgehead atoms. The van der Waals surface area contributed by atoms with E-state index in [4.69, 9.17) is 0 Å². The van der Waals surface area contributed by atoms with Crippen LogP contribution in [-0.2, 0) is 9.53 Å². The number of aliphatic imine (C=N–C) groups is 1. The first-order valence-electron chi connectivity index (χ1n) is 6.90. The number of hydrogen-bond donors (Lipinski definition) is 1. The summed E-state index contributed by atoms with van der Waals surface area (Å²) in [6.45, 7) is 0. The van der Waals surface area contributed by atoms with E-state index in [1.165, 1.54) is 0 Å². The average molecular weight is 371 g/mol. The molecule has 0 heterocycles. The van der Waals surface area contributed by atoms with E-state index < -0.39 is 57.6 Å². The SMILES string of the molecule is COC(=O)/C(C=Nc1ccc(F)cc1F)=C(/O)c1cc(F)c(F)cc1F. The van der Waals surface area contributed by atoms with E-state index in [-0.39, 0.29) is 6.07 Å². The normalized spacial score (nSPS) is 12.2. The summed E-state index contributed by atoms with van der Waals surface area (Å²) in [7, 11) is 0.934. The van der Waals surface area contributed by atoms with Crippen LogP contribution >= 0.6 is 0 Å². The molecule has 0 saturated carbocycles. The van der Waals surface area contributed by atoms with Crippen molar-refractivity contribution in [2.24, 2.45) is 4.99 Å². The van der Waals surface area contributed by atoms with Gasteiger partial charge in [-0.05, 0) is 18.2 Å². The number of hydrogen-bond acceptors (Lipinski definition) is 4. The van der Waals surface area contributed by atoms with Gasteiger partial charge >= 0.3 is 5.97 Å². The third kappa shape index (κ3) is 4.05. The third-order valence-electron chi connectivity index (χ3n) is 3.17. The van der Waals surface area contributed by atoms with Crippen molar-refractivity contribution in [2.75, 3.05) is 7.11 Å². The zero-order valence-electron chi connectivity index (χ0n) is 13.1. The Balaban J connectivity index is 2.56. The molecule has 4 nitrogen and oxygen atoms in total. The molecule has 0 aliphatic heterocycles. The summed E-state index contributed by atoms with van der Waals surface area (Å²) in [5.41, 5.74) is -2.00. The number of aliphatic hydroxyl groups is 1. The summed E-state index contributed by atoms with van der Waals surface area (Å²) in [6.07, 6.45) is 0.623. The van der Waals surface area contributed by atoms with E-state index in [1.807, 2.05) is 0 Å². The second kappa shape index (κ2) is 7.77. The van der Waals surface area contributed by atoms with E-state index in [2.05, 4.69) is 9.73 Å². The predicted octanol–water partition coefficient (Wildman–Crippen LogP) is 4.23. The lowest BCUT2D eigenvalue weighted by molar-refractivity contribution is -0.135. The molecule has 2 aromatic carbocycles. The molecule has 0 atom stereocenters. The Hall–Kier alpha value is -3.23. The van der Waals surface area contributed by atoms with Crippen molar-refractivity contribution in [1.82, 2.24) is 0 Å². The van der Waals surface area contributed by atoms with Gasteiger partial charge in [-0.15, -0.1) is 0 Å². The summed E-state index contributed by atoms with van der Waals surface area (Å²) in [6, 6.07) is 2.88. The Kier molecular flexibility index (Phi) is 5.71. The Bertz CT molecular complexity index is 925. The minimum Gasteiger partial charge on any atom is -0.506 e. The Morgan fingerprint density at radius 2 is 1.65 bits per heavy atom. The van der Waals surface area contributed by atoms with Gasteiger partial charge in [0.25, 0.3) is 0 Å². The number of halogens is 5. The molecule has 0 aliphatic rings. The summed E-state index contributed by atoms with van der Waals surface area (Å²) >= 11 is 0. The molecule has 1 N–H and O–H groups in total. The summed E-state index contributed by atoms with van der Waals surface area (Å²) in [5.74, 6) is -8.58. The molecule has 0 fully saturated rings. The summed E-state index contributed by atoms with van der Waals surface area (Å²) < 4.78 is 70.9. The maximum Gasteiger partial charge on any atom is 0.343 e. The minimum atomic E-state index is -1.50. The number of methoxy groups -OCH3 is 1. The van der Waals surface area contributed by atoms with Gasteiger partial charge in [0, 0.05) is 18.3 Å². The summed E-state index contributed by atoms with van der Waals surface area (Å²) in [4.78, 5) is 15.3. The molecule has 0 aromatic heterocycles. The number of carbonyl (C=O) groups is 1. The van der Waals surface area contributed by atoms with Crippen molar-refractivity contribution in [3.63, 3.8) is 0 Å². The van der Waals surface area contributed by atoms with Crippen molar-refractivity contribution in [3.8, 4) is 0 Å². The molecule has 9 heteroatoms. The number of esters is 1. The molecule has 136 valence electrons. The van der Waals surface area contributed by atoms with Crippen molar-refractivity contribution in [3.05, 3.63) is 70.6 Å². The molecule has 0 amide bonds. The van der Waals surface area contributed by atoms with Crippen LogP contribution < -0.4 is 0 Å². The Labute approximate surface area is 143 Å². The Morgan fingerprint density at radius 3 is 2.27 bits per heavy atom.